The summed E-state index contributed by atoms with van der Waals surface area (Å²) in [6, 6.07) is 16.8. The highest BCUT2D eigenvalue weighted by Gasteiger charge is 2.14. The van der Waals surface area contributed by atoms with Crippen molar-refractivity contribution in [3.63, 3.8) is 0 Å². The standard InChI is InChI=1S/C25H19ClO6/c1-29-21-10-5-16(12-23(21)30-2)20-14-31-22-13-18(8-9-19(22)25(20)28)32-24(27)11-15-3-6-17(26)7-4-15/h3-10,12-14H,11H2,1-2H3. The van der Waals surface area contributed by atoms with Crippen molar-refractivity contribution in [3.8, 4) is 28.4 Å². The van der Waals surface area contributed by atoms with Gasteiger partial charge in [-0.2, -0.15) is 0 Å². The molecule has 0 fully saturated rings. The van der Waals surface area contributed by atoms with Crippen LogP contribution in [0.25, 0.3) is 22.1 Å². The van der Waals surface area contributed by atoms with Gasteiger partial charge in [0.15, 0.2) is 16.9 Å². The predicted molar refractivity (Wildman–Crippen MR) is 122 cm³/mol. The molecule has 0 radical (unpaired) electrons. The normalized spacial score (nSPS) is 10.7. The van der Waals surface area contributed by atoms with Crippen LogP contribution >= 0.6 is 11.6 Å². The summed E-state index contributed by atoms with van der Waals surface area (Å²) in [5.41, 5.74) is 1.91. The number of hydrogen-bond acceptors (Lipinski definition) is 6. The molecular weight excluding hydrogens is 432 g/mol. The molecule has 0 saturated heterocycles. The Balaban J connectivity index is 1.59. The second kappa shape index (κ2) is 9.16. The number of hydrogen-bond donors (Lipinski definition) is 0. The SMILES string of the molecule is COc1ccc(-c2coc3cc(OC(=O)Cc4ccc(Cl)cc4)ccc3c2=O)cc1OC. The van der Waals surface area contributed by atoms with Gasteiger partial charge in [0.05, 0.1) is 31.6 Å². The Labute approximate surface area is 188 Å². The maximum atomic E-state index is 13.0. The fourth-order valence-corrected chi connectivity index (χ4v) is 3.44. The summed E-state index contributed by atoms with van der Waals surface area (Å²) in [5.74, 6) is 0.924. The summed E-state index contributed by atoms with van der Waals surface area (Å²) < 4.78 is 21.6. The lowest BCUT2D eigenvalue weighted by molar-refractivity contribution is -0.133. The summed E-state index contributed by atoms with van der Waals surface area (Å²) in [6.07, 6.45) is 1.47. The molecule has 0 aliphatic carbocycles. The quantitative estimate of drug-likeness (QED) is 0.294. The lowest BCUT2D eigenvalue weighted by Gasteiger charge is -2.10. The largest absolute Gasteiger partial charge is 0.493 e. The van der Waals surface area contributed by atoms with Crippen LogP contribution in [0.15, 0.2) is 76.1 Å². The van der Waals surface area contributed by atoms with E-state index >= 15 is 0 Å². The van der Waals surface area contributed by atoms with Crippen molar-refractivity contribution in [3.05, 3.63) is 87.7 Å². The van der Waals surface area contributed by atoms with Crippen molar-refractivity contribution in [1.29, 1.82) is 0 Å². The van der Waals surface area contributed by atoms with Gasteiger partial charge in [0.2, 0.25) is 0 Å². The third kappa shape index (κ3) is 4.45. The number of halogens is 1. The third-order valence-corrected chi connectivity index (χ3v) is 5.19. The molecule has 1 aromatic heterocycles. The first-order valence-electron chi connectivity index (χ1n) is 9.71. The highest BCUT2D eigenvalue weighted by atomic mass is 35.5. The first kappa shape index (κ1) is 21.5. The van der Waals surface area contributed by atoms with Gasteiger partial charge in [-0.3, -0.25) is 9.59 Å². The number of rotatable bonds is 6. The third-order valence-electron chi connectivity index (χ3n) is 4.93. The van der Waals surface area contributed by atoms with E-state index in [1.165, 1.54) is 19.4 Å². The van der Waals surface area contributed by atoms with Crippen LogP contribution in [0.4, 0.5) is 0 Å². The van der Waals surface area contributed by atoms with Crippen LogP contribution in [0.3, 0.4) is 0 Å². The molecule has 6 nitrogen and oxygen atoms in total. The van der Waals surface area contributed by atoms with Gasteiger partial charge in [-0.25, -0.2) is 0 Å². The minimum absolute atomic E-state index is 0.0946. The Morgan fingerprint density at radius 2 is 1.69 bits per heavy atom. The topological polar surface area (TPSA) is 75.0 Å². The summed E-state index contributed by atoms with van der Waals surface area (Å²) >= 11 is 5.86. The van der Waals surface area contributed by atoms with E-state index in [0.717, 1.165) is 5.56 Å². The second-order valence-corrected chi connectivity index (χ2v) is 7.42. The summed E-state index contributed by atoms with van der Waals surface area (Å²) in [6.45, 7) is 0. The highest BCUT2D eigenvalue weighted by molar-refractivity contribution is 6.30. The summed E-state index contributed by atoms with van der Waals surface area (Å²) in [5, 5.41) is 0.967. The monoisotopic (exact) mass is 450 g/mol. The smallest absolute Gasteiger partial charge is 0.315 e. The Kier molecular flexibility index (Phi) is 6.14. The van der Waals surface area contributed by atoms with Crippen LogP contribution in [-0.4, -0.2) is 20.2 Å². The van der Waals surface area contributed by atoms with E-state index < -0.39 is 5.97 Å². The van der Waals surface area contributed by atoms with Crippen molar-refractivity contribution >= 4 is 28.5 Å². The van der Waals surface area contributed by atoms with Gasteiger partial charge < -0.3 is 18.6 Å². The fraction of sp³-hybridized carbons (Fsp3) is 0.120. The van der Waals surface area contributed by atoms with E-state index in [4.69, 9.17) is 30.2 Å². The number of carbonyl (C=O) groups excluding carboxylic acids is 1. The molecule has 7 heteroatoms. The highest BCUT2D eigenvalue weighted by Crippen LogP contribution is 2.32. The number of esters is 1. The molecule has 1 heterocycles. The van der Waals surface area contributed by atoms with Crippen LogP contribution in [0, 0.1) is 0 Å². The Bertz CT molecular complexity index is 1340. The van der Waals surface area contributed by atoms with Gasteiger partial charge in [-0.05, 0) is 47.5 Å². The maximum Gasteiger partial charge on any atom is 0.315 e. The summed E-state index contributed by atoms with van der Waals surface area (Å²) in [4.78, 5) is 25.3. The molecule has 0 spiro atoms. The van der Waals surface area contributed by atoms with Crippen LogP contribution in [0.5, 0.6) is 17.2 Å². The zero-order chi connectivity index (χ0) is 22.7. The molecule has 0 aliphatic rings. The molecule has 162 valence electrons. The molecule has 32 heavy (non-hydrogen) atoms. The van der Waals surface area contributed by atoms with Gasteiger partial charge in [-0.15, -0.1) is 0 Å². The second-order valence-electron chi connectivity index (χ2n) is 6.98. The van der Waals surface area contributed by atoms with E-state index in [2.05, 4.69) is 0 Å². The lowest BCUT2D eigenvalue weighted by Crippen LogP contribution is -2.11. The fourth-order valence-electron chi connectivity index (χ4n) is 3.31. The van der Waals surface area contributed by atoms with Gasteiger partial charge in [0, 0.05) is 11.1 Å². The van der Waals surface area contributed by atoms with Gasteiger partial charge >= 0.3 is 5.97 Å². The van der Waals surface area contributed by atoms with Gasteiger partial charge in [0.25, 0.3) is 0 Å². The zero-order valence-corrected chi connectivity index (χ0v) is 18.1. The Hall–Kier alpha value is -3.77. The molecular formula is C25H19ClO6. The van der Waals surface area contributed by atoms with Crippen molar-refractivity contribution in [1.82, 2.24) is 0 Å². The molecule has 3 aromatic carbocycles. The van der Waals surface area contributed by atoms with Crippen LogP contribution in [-0.2, 0) is 11.2 Å². The van der Waals surface area contributed by atoms with E-state index in [-0.39, 0.29) is 11.8 Å². The number of ether oxygens (including phenoxy) is 3. The van der Waals surface area contributed by atoms with Crippen molar-refractivity contribution in [2.75, 3.05) is 14.2 Å². The molecule has 0 amide bonds. The number of carbonyl (C=O) groups is 1. The van der Waals surface area contributed by atoms with E-state index in [1.54, 1.807) is 61.7 Å². The number of fused-ring (bicyclic) bond motifs is 1. The molecule has 0 aliphatic heterocycles. The average molecular weight is 451 g/mol. The molecule has 0 bridgehead atoms. The molecule has 0 N–H and O–H groups in total. The minimum Gasteiger partial charge on any atom is -0.493 e. The van der Waals surface area contributed by atoms with Gasteiger partial charge in [0.1, 0.15) is 17.6 Å². The zero-order valence-electron chi connectivity index (χ0n) is 17.4. The molecule has 4 rings (SSSR count). The predicted octanol–water partition coefficient (Wildman–Crippen LogP) is 5.28. The Morgan fingerprint density at radius 1 is 0.938 bits per heavy atom. The van der Waals surface area contributed by atoms with Crippen LogP contribution < -0.4 is 19.6 Å². The first-order chi connectivity index (χ1) is 15.5. The Morgan fingerprint density at radius 3 is 2.41 bits per heavy atom. The average Bonchev–Trinajstić information content (AvgIpc) is 2.80. The van der Waals surface area contributed by atoms with Crippen molar-refractivity contribution in [2.45, 2.75) is 6.42 Å². The first-order valence-corrected chi connectivity index (χ1v) is 10.1. The van der Waals surface area contributed by atoms with Crippen LogP contribution in [0.1, 0.15) is 5.56 Å². The number of benzene rings is 3. The van der Waals surface area contributed by atoms with Gasteiger partial charge in [-0.1, -0.05) is 29.8 Å². The number of methoxy groups -OCH3 is 2. The van der Waals surface area contributed by atoms with E-state index in [0.29, 0.717) is 44.4 Å². The van der Waals surface area contributed by atoms with E-state index in [9.17, 15) is 9.59 Å². The van der Waals surface area contributed by atoms with Crippen molar-refractivity contribution < 1.29 is 23.4 Å². The van der Waals surface area contributed by atoms with Crippen molar-refractivity contribution in [2.24, 2.45) is 0 Å². The maximum absolute atomic E-state index is 13.0. The van der Waals surface area contributed by atoms with E-state index in [1.807, 2.05) is 0 Å². The molecule has 4 aromatic rings. The molecule has 0 saturated carbocycles. The summed E-state index contributed by atoms with van der Waals surface area (Å²) in [7, 11) is 3.07. The lowest BCUT2D eigenvalue weighted by atomic mass is 10.0. The van der Waals surface area contributed by atoms with Crippen LogP contribution in [0.2, 0.25) is 5.02 Å². The molecule has 0 unspecified atom stereocenters. The minimum atomic E-state index is -0.434. The molecule has 0 atom stereocenters.